The molecule has 5 aromatic rings. The van der Waals surface area contributed by atoms with Gasteiger partial charge >= 0.3 is 6.18 Å². The molecule has 0 bridgehead atoms. The molecule has 34 heavy (non-hydrogen) atoms. The number of rotatable bonds is 4. The fourth-order valence-corrected chi connectivity index (χ4v) is 4.22. The van der Waals surface area contributed by atoms with Crippen LogP contribution in [0.15, 0.2) is 72.2 Å². The van der Waals surface area contributed by atoms with Gasteiger partial charge in [0.05, 0.1) is 27.0 Å². The number of anilines is 1. The van der Waals surface area contributed by atoms with E-state index in [4.69, 9.17) is 0 Å². The molecular formula is C24H16F3N5OS. The molecule has 0 aliphatic heterocycles. The number of carbonyl (C=O) groups is 1. The Bertz CT molecular complexity index is 1520. The molecule has 0 saturated carbocycles. The highest BCUT2D eigenvalue weighted by Crippen LogP contribution is 2.31. The number of aryl methyl sites for hydroxylation is 1. The van der Waals surface area contributed by atoms with Crippen molar-refractivity contribution in [2.24, 2.45) is 0 Å². The van der Waals surface area contributed by atoms with E-state index in [0.717, 1.165) is 33.6 Å². The molecule has 1 amide bonds. The van der Waals surface area contributed by atoms with Crippen molar-refractivity contribution in [3.8, 4) is 17.1 Å². The van der Waals surface area contributed by atoms with Crippen molar-refractivity contribution in [3.05, 3.63) is 89.2 Å². The van der Waals surface area contributed by atoms with E-state index in [1.165, 1.54) is 23.5 Å². The number of halogens is 3. The lowest BCUT2D eigenvalue weighted by atomic mass is 10.1. The van der Waals surface area contributed by atoms with Crippen molar-refractivity contribution >= 4 is 33.1 Å². The number of carbonyl (C=O) groups excluding carboxylic acids is 1. The third-order valence-electron chi connectivity index (χ3n) is 5.11. The molecule has 0 spiro atoms. The maximum absolute atomic E-state index is 13.0. The summed E-state index contributed by atoms with van der Waals surface area (Å²) in [7, 11) is 0. The Balaban J connectivity index is 1.56. The van der Waals surface area contributed by atoms with Crippen molar-refractivity contribution in [2.75, 3.05) is 5.32 Å². The molecule has 0 aliphatic rings. The van der Waals surface area contributed by atoms with Crippen LogP contribution < -0.4 is 5.32 Å². The van der Waals surface area contributed by atoms with Gasteiger partial charge in [-0.25, -0.2) is 14.6 Å². The fourth-order valence-electron chi connectivity index (χ4n) is 3.50. The lowest BCUT2D eigenvalue weighted by molar-refractivity contribution is -0.137. The van der Waals surface area contributed by atoms with E-state index in [1.807, 2.05) is 37.3 Å². The van der Waals surface area contributed by atoms with Gasteiger partial charge in [0.25, 0.3) is 5.91 Å². The summed E-state index contributed by atoms with van der Waals surface area (Å²) in [5.41, 5.74) is 4.01. The number of alkyl halides is 3. The molecule has 6 nitrogen and oxygen atoms in total. The van der Waals surface area contributed by atoms with Crippen LogP contribution in [0.5, 0.6) is 0 Å². The molecule has 0 unspecified atom stereocenters. The summed E-state index contributed by atoms with van der Waals surface area (Å²) in [6.45, 7) is 1.84. The Labute approximate surface area is 195 Å². The number of benzene rings is 2. The van der Waals surface area contributed by atoms with Gasteiger partial charge in [0, 0.05) is 16.9 Å². The Morgan fingerprint density at radius 2 is 1.85 bits per heavy atom. The highest BCUT2D eigenvalue weighted by Gasteiger charge is 2.30. The van der Waals surface area contributed by atoms with Crippen LogP contribution in [0.3, 0.4) is 0 Å². The smallest absolute Gasteiger partial charge is 0.321 e. The van der Waals surface area contributed by atoms with Crippen molar-refractivity contribution in [1.82, 2.24) is 19.7 Å². The monoisotopic (exact) mass is 479 g/mol. The average molecular weight is 479 g/mol. The maximum atomic E-state index is 13.0. The number of nitrogens with zero attached hydrogens (tertiary/aromatic N) is 4. The normalized spacial score (nSPS) is 11.6. The van der Waals surface area contributed by atoms with Crippen molar-refractivity contribution in [2.45, 2.75) is 13.1 Å². The third-order valence-corrected chi connectivity index (χ3v) is 5.90. The second kappa shape index (κ2) is 8.38. The molecule has 0 aliphatic carbocycles. The first-order chi connectivity index (χ1) is 16.3. The molecule has 170 valence electrons. The van der Waals surface area contributed by atoms with Gasteiger partial charge in [-0.15, -0.1) is 11.3 Å². The largest absolute Gasteiger partial charge is 0.416 e. The minimum Gasteiger partial charge on any atom is -0.321 e. The number of thiazole rings is 1. The summed E-state index contributed by atoms with van der Waals surface area (Å²) in [4.78, 5) is 21.7. The molecule has 3 aromatic heterocycles. The number of aromatic nitrogens is 4. The fraction of sp³-hybridized carbons (Fsp3) is 0.0833. The number of hydrogen-bond donors (Lipinski definition) is 1. The first kappa shape index (κ1) is 21.8. The topological polar surface area (TPSA) is 72.7 Å². The van der Waals surface area contributed by atoms with E-state index < -0.39 is 17.6 Å². The Morgan fingerprint density at radius 1 is 1.03 bits per heavy atom. The highest BCUT2D eigenvalue weighted by atomic mass is 32.1. The van der Waals surface area contributed by atoms with Gasteiger partial charge in [0.15, 0.2) is 11.5 Å². The Hall–Kier alpha value is -4.05. The summed E-state index contributed by atoms with van der Waals surface area (Å²) < 4.78 is 41.6. The SMILES string of the molecule is Cc1cccc(-n2nc(C(=O)Nc3cccc(C(F)(F)F)c3)cc2-c2ccc3ncsc3c2)n1. The van der Waals surface area contributed by atoms with Gasteiger partial charge in [0.2, 0.25) is 0 Å². The van der Waals surface area contributed by atoms with E-state index >= 15 is 0 Å². The minimum absolute atomic E-state index is 0.0238. The van der Waals surface area contributed by atoms with Crippen LogP contribution in [0.4, 0.5) is 18.9 Å². The van der Waals surface area contributed by atoms with Crippen LogP contribution >= 0.6 is 11.3 Å². The quantitative estimate of drug-likeness (QED) is 0.337. The Kier molecular flexibility index (Phi) is 5.37. The molecule has 3 heterocycles. The van der Waals surface area contributed by atoms with Gasteiger partial charge in [-0.1, -0.05) is 18.2 Å². The second-order valence-corrected chi connectivity index (χ2v) is 8.42. The predicted octanol–water partition coefficient (Wildman–Crippen LogP) is 6.12. The Morgan fingerprint density at radius 3 is 2.65 bits per heavy atom. The van der Waals surface area contributed by atoms with E-state index in [-0.39, 0.29) is 11.4 Å². The van der Waals surface area contributed by atoms with Crippen LogP contribution in [-0.2, 0) is 6.18 Å². The number of nitrogens with one attached hydrogen (secondary N) is 1. The first-order valence-electron chi connectivity index (χ1n) is 10.1. The lowest BCUT2D eigenvalue weighted by Crippen LogP contribution is -2.14. The zero-order chi connectivity index (χ0) is 23.9. The van der Waals surface area contributed by atoms with Crippen LogP contribution in [0.1, 0.15) is 21.7 Å². The van der Waals surface area contributed by atoms with E-state index in [2.05, 4.69) is 20.4 Å². The number of hydrogen-bond acceptors (Lipinski definition) is 5. The molecule has 1 N–H and O–H groups in total. The molecule has 0 saturated heterocycles. The van der Waals surface area contributed by atoms with Crippen LogP contribution in [0.2, 0.25) is 0 Å². The second-order valence-electron chi connectivity index (χ2n) is 7.53. The van der Waals surface area contributed by atoms with Gasteiger partial charge < -0.3 is 5.32 Å². The molecule has 0 radical (unpaired) electrons. The van der Waals surface area contributed by atoms with Crippen molar-refractivity contribution < 1.29 is 18.0 Å². The first-order valence-corrected chi connectivity index (χ1v) is 11.0. The standard InChI is InChI=1S/C24H16F3N5OS/c1-14-4-2-7-22(29-14)32-20(15-8-9-18-21(10-15)34-13-28-18)12-19(31-32)23(33)30-17-6-3-5-16(11-17)24(25,26)27/h2-13H,1H3,(H,30,33). The maximum Gasteiger partial charge on any atom is 0.416 e. The number of fused-ring (bicyclic) bond motifs is 1. The molecule has 0 atom stereocenters. The van der Waals surface area contributed by atoms with Crippen LogP contribution in [0, 0.1) is 6.92 Å². The van der Waals surface area contributed by atoms with E-state index in [9.17, 15) is 18.0 Å². The molecule has 0 fully saturated rings. The summed E-state index contributed by atoms with van der Waals surface area (Å²) in [5, 5.41) is 6.95. The lowest BCUT2D eigenvalue weighted by Gasteiger charge is -2.09. The van der Waals surface area contributed by atoms with Crippen molar-refractivity contribution in [1.29, 1.82) is 0 Å². The molecular weight excluding hydrogens is 463 g/mol. The van der Waals surface area contributed by atoms with Gasteiger partial charge in [0.1, 0.15) is 0 Å². The van der Waals surface area contributed by atoms with E-state index in [1.54, 1.807) is 22.3 Å². The van der Waals surface area contributed by atoms with Gasteiger partial charge in [-0.2, -0.15) is 18.3 Å². The summed E-state index contributed by atoms with van der Waals surface area (Å²) >= 11 is 1.49. The minimum atomic E-state index is -4.51. The van der Waals surface area contributed by atoms with E-state index in [0.29, 0.717) is 11.5 Å². The molecule has 5 rings (SSSR count). The average Bonchev–Trinajstić information content (AvgIpc) is 3.45. The van der Waals surface area contributed by atoms with Gasteiger partial charge in [-0.3, -0.25) is 4.79 Å². The van der Waals surface area contributed by atoms with Crippen LogP contribution in [-0.4, -0.2) is 25.7 Å². The van der Waals surface area contributed by atoms with Crippen LogP contribution in [0.25, 0.3) is 27.3 Å². The predicted molar refractivity (Wildman–Crippen MR) is 124 cm³/mol. The zero-order valence-electron chi connectivity index (χ0n) is 17.7. The molecule has 2 aromatic carbocycles. The van der Waals surface area contributed by atoms with Crippen molar-refractivity contribution in [3.63, 3.8) is 0 Å². The summed E-state index contributed by atoms with van der Waals surface area (Å²) in [5.74, 6) is -0.122. The summed E-state index contributed by atoms with van der Waals surface area (Å²) in [6, 6.07) is 17.2. The highest BCUT2D eigenvalue weighted by molar-refractivity contribution is 7.16. The number of amides is 1. The molecule has 10 heteroatoms. The number of pyridine rings is 1. The summed E-state index contributed by atoms with van der Waals surface area (Å²) in [6.07, 6.45) is -4.51. The zero-order valence-corrected chi connectivity index (χ0v) is 18.5. The van der Waals surface area contributed by atoms with Gasteiger partial charge in [-0.05, 0) is 55.5 Å². The third kappa shape index (κ3) is 4.27.